The zero-order chi connectivity index (χ0) is 14.1. The first kappa shape index (κ1) is 15.0. The van der Waals surface area contributed by atoms with Gasteiger partial charge in [-0.3, -0.25) is 9.59 Å². The molecule has 0 aromatic carbocycles. The number of rotatable bonds is 4. The van der Waals surface area contributed by atoms with E-state index < -0.39 is 5.60 Å². The lowest BCUT2D eigenvalue weighted by Gasteiger charge is -2.38. The first-order valence-corrected chi connectivity index (χ1v) is 6.55. The highest BCUT2D eigenvalue weighted by atomic mass is 16.6. The molecule has 18 heavy (non-hydrogen) atoms. The van der Waals surface area contributed by atoms with Crippen LogP contribution in [-0.4, -0.2) is 23.6 Å². The lowest BCUT2D eigenvalue weighted by molar-refractivity contribution is -0.193. The summed E-state index contributed by atoms with van der Waals surface area (Å²) in [6, 6.07) is 0. The van der Waals surface area contributed by atoms with E-state index in [2.05, 4.69) is 0 Å². The second-order valence-corrected chi connectivity index (χ2v) is 6.42. The van der Waals surface area contributed by atoms with Crippen molar-refractivity contribution in [2.75, 3.05) is 0 Å². The number of hydrogen-bond donors (Lipinski definition) is 0. The Morgan fingerprint density at radius 2 is 1.89 bits per heavy atom. The molecule has 1 heterocycles. The molecule has 1 fully saturated rings. The minimum atomic E-state index is -0.483. The van der Waals surface area contributed by atoms with Crippen molar-refractivity contribution in [3.63, 3.8) is 0 Å². The molecule has 0 radical (unpaired) electrons. The van der Waals surface area contributed by atoms with Gasteiger partial charge in [-0.1, -0.05) is 20.8 Å². The van der Waals surface area contributed by atoms with Crippen LogP contribution in [0.25, 0.3) is 0 Å². The summed E-state index contributed by atoms with van der Waals surface area (Å²) >= 11 is 0. The fourth-order valence-corrected chi connectivity index (χ4v) is 2.08. The topological polar surface area (TPSA) is 52.6 Å². The first-order chi connectivity index (χ1) is 8.11. The monoisotopic (exact) mass is 256 g/mol. The first-order valence-electron chi connectivity index (χ1n) is 6.55. The highest BCUT2D eigenvalue weighted by Crippen LogP contribution is 2.33. The third-order valence-corrected chi connectivity index (χ3v) is 3.03. The minimum Gasteiger partial charge on any atom is -0.461 e. The van der Waals surface area contributed by atoms with Gasteiger partial charge in [0.2, 0.25) is 0 Å². The molecule has 1 rings (SSSR count). The van der Waals surface area contributed by atoms with Gasteiger partial charge in [0.25, 0.3) is 0 Å². The molecule has 1 aliphatic rings. The third-order valence-electron chi connectivity index (χ3n) is 3.03. The van der Waals surface area contributed by atoms with Crippen LogP contribution in [-0.2, 0) is 19.1 Å². The summed E-state index contributed by atoms with van der Waals surface area (Å²) in [6.07, 6.45) is 0.457. The lowest BCUT2D eigenvalue weighted by Crippen LogP contribution is -2.49. The van der Waals surface area contributed by atoms with Crippen LogP contribution in [0.1, 0.15) is 48.0 Å². The second-order valence-electron chi connectivity index (χ2n) is 6.42. The van der Waals surface area contributed by atoms with Crippen molar-refractivity contribution in [3.8, 4) is 0 Å². The number of carbonyl (C=O) groups is 2. The quantitative estimate of drug-likeness (QED) is 0.725. The molecule has 0 N–H and O–H groups in total. The number of cyclic esters (lactones) is 1. The molecule has 1 aliphatic heterocycles. The molecule has 0 amide bonds. The van der Waals surface area contributed by atoms with Crippen LogP contribution >= 0.6 is 0 Å². The van der Waals surface area contributed by atoms with Gasteiger partial charge in [-0.05, 0) is 33.1 Å². The van der Waals surface area contributed by atoms with E-state index in [4.69, 9.17) is 9.47 Å². The van der Waals surface area contributed by atoms with E-state index >= 15 is 0 Å². The Bertz CT molecular complexity index is 327. The van der Waals surface area contributed by atoms with E-state index in [9.17, 15) is 9.59 Å². The predicted octanol–water partition coefficient (Wildman–Crippen LogP) is 2.55. The Balaban J connectivity index is 2.51. The Kier molecular flexibility index (Phi) is 4.41. The molecular formula is C14H24O4. The zero-order valence-corrected chi connectivity index (χ0v) is 12.1. The van der Waals surface area contributed by atoms with Gasteiger partial charge in [0, 0.05) is 0 Å². The largest absolute Gasteiger partial charge is 0.461 e. The molecule has 0 unspecified atom stereocenters. The molecular weight excluding hydrogens is 232 g/mol. The lowest BCUT2D eigenvalue weighted by atomic mass is 9.82. The van der Waals surface area contributed by atoms with Crippen LogP contribution < -0.4 is 0 Å². The molecule has 3 atom stereocenters. The van der Waals surface area contributed by atoms with Crippen LogP contribution in [0.5, 0.6) is 0 Å². The van der Waals surface area contributed by atoms with E-state index in [1.807, 2.05) is 34.6 Å². The standard InChI is InChI=1S/C14H24O4/c1-8(2)11-10(13(16)17-11)7-9(3)12(15)18-14(4,5)6/h8-11H,7H2,1-6H3/t9-,10+,11-/m1/s1. The maximum absolute atomic E-state index is 11.8. The maximum Gasteiger partial charge on any atom is 0.313 e. The Labute approximate surface area is 109 Å². The van der Waals surface area contributed by atoms with Crippen molar-refractivity contribution in [2.45, 2.75) is 59.7 Å². The van der Waals surface area contributed by atoms with Crippen molar-refractivity contribution < 1.29 is 19.1 Å². The van der Waals surface area contributed by atoms with Crippen LogP contribution in [0.2, 0.25) is 0 Å². The number of hydrogen-bond acceptors (Lipinski definition) is 4. The number of carbonyl (C=O) groups excluding carboxylic acids is 2. The van der Waals surface area contributed by atoms with Crippen LogP contribution in [0, 0.1) is 17.8 Å². The van der Waals surface area contributed by atoms with Crippen molar-refractivity contribution in [1.82, 2.24) is 0 Å². The van der Waals surface area contributed by atoms with Crippen LogP contribution in [0.15, 0.2) is 0 Å². The van der Waals surface area contributed by atoms with Crippen molar-refractivity contribution in [3.05, 3.63) is 0 Å². The van der Waals surface area contributed by atoms with Crippen LogP contribution in [0.3, 0.4) is 0 Å². The second kappa shape index (κ2) is 5.29. The van der Waals surface area contributed by atoms with E-state index in [1.54, 1.807) is 6.92 Å². The highest BCUT2D eigenvalue weighted by molar-refractivity contribution is 5.80. The molecule has 0 bridgehead atoms. The molecule has 1 saturated heterocycles. The van der Waals surface area contributed by atoms with E-state index in [1.165, 1.54) is 0 Å². The van der Waals surface area contributed by atoms with E-state index in [-0.39, 0.29) is 29.9 Å². The highest BCUT2D eigenvalue weighted by Gasteiger charge is 2.45. The summed E-state index contributed by atoms with van der Waals surface area (Å²) in [5.41, 5.74) is -0.483. The smallest absolute Gasteiger partial charge is 0.313 e. The molecule has 0 aliphatic carbocycles. The van der Waals surface area contributed by atoms with Gasteiger partial charge in [0.1, 0.15) is 11.7 Å². The van der Waals surface area contributed by atoms with Crippen molar-refractivity contribution in [2.24, 2.45) is 17.8 Å². The van der Waals surface area contributed by atoms with Gasteiger partial charge in [-0.25, -0.2) is 0 Å². The molecule has 0 spiro atoms. The van der Waals surface area contributed by atoms with Gasteiger partial charge in [-0.2, -0.15) is 0 Å². The molecule has 4 nitrogen and oxygen atoms in total. The average Bonchev–Trinajstić information content (AvgIpc) is 2.19. The average molecular weight is 256 g/mol. The molecule has 0 saturated carbocycles. The summed E-state index contributed by atoms with van der Waals surface area (Å²) < 4.78 is 10.4. The SMILES string of the molecule is CC(C)[C@H]1OC(=O)[C@H]1C[C@@H](C)C(=O)OC(C)(C)C. The van der Waals surface area contributed by atoms with Gasteiger partial charge in [-0.15, -0.1) is 0 Å². The van der Waals surface area contributed by atoms with Gasteiger partial charge < -0.3 is 9.47 Å². The van der Waals surface area contributed by atoms with Gasteiger partial charge in [0.05, 0.1) is 11.8 Å². The summed E-state index contributed by atoms with van der Waals surface area (Å²) in [6.45, 7) is 11.4. The molecule has 0 aromatic heterocycles. The Hall–Kier alpha value is -1.06. The summed E-state index contributed by atoms with van der Waals surface area (Å²) in [5.74, 6) is -0.580. The van der Waals surface area contributed by atoms with Crippen molar-refractivity contribution >= 4 is 11.9 Å². The minimum absolute atomic E-state index is 0.0533. The van der Waals surface area contributed by atoms with Crippen molar-refractivity contribution in [1.29, 1.82) is 0 Å². The number of ether oxygens (including phenoxy) is 2. The maximum atomic E-state index is 11.8. The summed E-state index contributed by atoms with van der Waals surface area (Å²) in [5, 5.41) is 0. The normalized spacial score (nSPS) is 25.4. The predicted molar refractivity (Wildman–Crippen MR) is 67.8 cm³/mol. The fourth-order valence-electron chi connectivity index (χ4n) is 2.08. The third kappa shape index (κ3) is 3.72. The number of esters is 2. The van der Waals surface area contributed by atoms with Crippen LogP contribution in [0.4, 0.5) is 0 Å². The fraction of sp³-hybridized carbons (Fsp3) is 0.857. The molecule has 104 valence electrons. The zero-order valence-electron chi connectivity index (χ0n) is 12.1. The summed E-state index contributed by atoms with van der Waals surface area (Å²) in [7, 11) is 0. The van der Waals surface area contributed by atoms with Gasteiger partial charge >= 0.3 is 11.9 Å². The Morgan fingerprint density at radius 1 is 1.33 bits per heavy atom. The Morgan fingerprint density at radius 3 is 2.28 bits per heavy atom. The molecule has 0 aromatic rings. The van der Waals surface area contributed by atoms with E-state index in [0.717, 1.165) is 0 Å². The van der Waals surface area contributed by atoms with Gasteiger partial charge in [0.15, 0.2) is 0 Å². The molecule has 4 heteroatoms. The van der Waals surface area contributed by atoms with E-state index in [0.29, 0.717) is 12.3 Å². The summed E-state index contributed by atoms with van der Waals surface area (Å²) in [4.78, 5) is 23.3.